The van der Waals surface area contributed by atoms with Crippen molar-refractivity contribution in [3.8, 4) is 5.75 Å². The molecule has 3 atom stereocenters. The number of ether oxygens (including phenoxy) is 2. The van der Waals surface area contributed by atoms with Crippen molar-refractivity contribution in [1.29, 1.82) is 0 Å². The van der Waals surface area contributed by atoms with Gasteiger partial charge in [0.05, 0.1) is 20.3 Å². The predicted octanol–water partition coefficient (Wildman–Crippen LogP) is 1.75. The summed E-state index contributed by atoms with van der Waals surface area (Å²) in [6.07, 6.45) is 1.34. The van der Waals surface area contributed by atoms with Crippen LogP contribution in [-0.4, -0.2) is 42.2 Å². The van der Waals surface area contributed by atoms with Crippen LogP contribution in [0.1, 0.15) is 18.4 Å². The first-order valence-electron chi connectivity index (χ1n) is 7.19. The zero-order valence-corrected chi connectivity index (χ0v) is 11.9. The van der Waals surface area contributed by atoms with Gasteiger partial charge in [-0.05, 0) is 24.1 Å². The standard InChI is InChI=1S/C15H17N3O3/c1-20-11-4-2-10(3-5-11)8-18-14-13(16-17-18)12(19)6-7-15(14)9-21-15/h2-5,13-14H,6-9H2,1H3. The van der Waals surface area contributed by atoms with E-state index in [9.17, 15) is 4.79 Å². The maximum atomic E-state index is 12.0. The molecule has 4 rings (SSSR count). The van der Waals surface area contributed by atoms with Crippen LogP contribution in [0.15, 0.2) is 34.6 Å². The van der Waals surface area contributed by atoms with Gasteiger partial charge in [-0.15, -0.1) is 0 Å². The van der Waals surface area contributed by atoms with Gasteiger partial charge in [0.2, 0.25) is 0 Å². The third-order valence-corrected chi connectivity index (χ3v) is 4.59. The highest BCUT2D eigenvalue weighted by Crippen LogP contribution is 2.46. The largest absolute Gasteiger partial charge is 0.497 e. The van der Waals surface area contributed by atoms with Gasteiger partial charge in [-0.25, -0.2) is 0 Å². The second-order valence-electron chi connectivity index (χ2n) is 5.86. The van der Waals surface area contributed by atoms with E-state index in [-0.39, 0.29) is 23.5 Å². The molecule has 110 valence electrons. The van der Waals surface area contributed by atoms with Gasteiger partial charge < -0.3 is 9.47 Å². The van der Waals surface area contributed by atoms with Crippen molar-refractivity contribution in [3.05, 3.63) is 29.8 Å². The van der Waals surface area contributed by atoms with Crippen molar-refractivity contribution in [2.24, 2.45) is 10.3 Å². The number of nitrogens with zero attached hydrogens (tertiary/aromatic N) is 3. The molecule has 2 aliphatic heterocycles. The van der Waals surface area contributed by atoms with Gasteiger partial charge in [-0.3, -0.25) is 9.80 Å². The molecule has 1 aromatic carbocycles. The Morgan fingerprint density at radius 2 is 2.19 bits per heavy atom. The van der Waals surface area contributed by atoms with Gasteiger partial charge >= 0.3 is 0 Å². The molecule has 2 fully saturated rings. The van der Waals surface area contributed by atoms with Crippen LogP contribution >= 0.6 is 0 Å². The number of epoxide rings is 1. The van der Waals surface area contributed by atoms with E-state index in [0.717, 1.165) is 17.7 Å². The molecule has 0 amide bonds. The molecule has 0 N–H and O–H groups in total. The van der Waals surface area contributed by atoms with Gasteiger partial charge in [-0.2, -0.15) is 5.11 Å². The second-order valence-corrected chi connectivity index (χ2v) is 5.86. The lowest BCUT2D eigenvalue weighted by Gasteiger charge is -2.33. The molecule has 0 aromatic heterocycles. The fourth-order valence-corrected chi connectivity index (χ4v) is 3.29. The summed E-state index contributed by atoms with van der Waals surface area (Å²) in [7, 11) is 1.65. The minimum atomic E-state index is -0.348. The van der Waals surface area contributed by atoms with E-state index < -0.39 is 0 Å². The van der Waals surface area contributed by atoms with E-state index in [1.807, 2.05) is 29.3 Å². The zero-order chi connectivity index (χ0) is 14.4. The highest BCUT2D eigenvalue weighted by molar-refractivity contribution is 5.86. The van der Waals surface area contributed by atoms with Gasteiger partial charge in [0.15, 0.2) is 11.8 Å². The predicted molar refractivity (Wildman–Crippen MR) is 73.9 cm³/mol. The average Bonchev–Trinajstić information content (AvgIpc) is 3.16. The van der Waals surface area contributed by atoms with Gasteiger partial charge in [0.25, 0.3) is 0 Å². The van der Waals surface area contributed by atoms with Gasteiger partial charge in [0.1, 0.15) is 17.4 Å². The van der Waals surface area contributed by atoms with Crippen LogP contribution < -0.4 is 4.74 Å². The first kappa shape index (κ1) is 12.8. The summed E-state index contributed by atoms with van der Waals surface area (Å²) < 4.78 is 10.8. The number of hydrogen-bond donors (Lipinski definition) is 0. The molecule has 3 aliphatic rings. The molecule has 1 saturated carbocycles. The van der Waals surface area contributed by atoms with E-state index >= 15 is 0 Å². The number of carbonyl (C=O) groups excluding carboxylic acids is 1. The molecule has 21 heavy (non-hydrogen) atoms. The number of carbonyl (C=O) groups is 1. The summed E-state index contributed by atoms with van der Waals surface area (Å²) in [5, 5.41) is 10.3. The summed E-state index contributed by atoms with van der Waals surface area (Å²) in [6.45, 7) is 1.35. The first-order valence-corrected chi connectivity index (χ1v) is 7.19. The number of benzene rings is 1. The van der Waals surface area contributed by atoms with Gasteiger partial charge in [-0.1, -0.05) is 17.4 Å². The molecule has 0 bridgehead atoms. The first-order chi connectivity index (χ1) is 10.2. The fraction of sp³-hybridized carbons (Fsp3) is 0.533. The Balaban J connectivity index is 1.55. The van der Waals surface area contributed by atoms with Crippen molar-refractivity contribution in [2.75, 3.05) is 13.7 Å². The topological polar surface area (TPSA) is 66.8 Å². The lowest BCUT2D eigenvalue weighted by molar-refractivity contribution is -0.124. The molecule has 0 radical (unpaired) electrons. The molecule has 1 saturated heterocycles. The van der Waals surface area contributed by atoms with Crippen molar-refractivity contribution in [2.45, 2.75) is 37.1 Å². The normalized spacial score (nSPS) is 33.4. The third kappa shape index (κ3) is 2.01. The maximum absolute atomic E-state index is 12.0. The number of methoxy groups -OCH3 is 1. The second kappa shape index (κ2) is 4.53. The maximum Gasteiger partial charge on any atom is 0.161 e. The quantitative estimate of drug-likeness (QED) is 0.794. The molecule has 6 nitrogen and oxygen atoms in total. The van der Waals surface area contributed by atoms with Crippen LogP contribution in [-0.2, 0) is 16.1 Å². The molecular formula is C15H17N3O3. The Kier molecular flexibility index (Phi) is 2.75. The van der Waals surface area contributed by atoms with Crippen LogP contribution in [0, 0.1) is 0 Å². The number of hydrogen-bond acceptors (Lipinski definition) is 6. The van der Waals surface area contributed by atoms with Crippen LogP contribution in [0.25, 0.3) is 0 Å². The highest BCUT2D eigenvalue weighted by atomic mass is 16.6. The van der Waals surface area contributed by atoms with E-state index in [1.165, 1.54) is 0 Å². The summed E-state index contributed by atoms with van der Waals surface area (Å²) in [6, 6.07) is 7.48. The number of ketones is 1. The van der Waals surface area contributed by atoms with Crippen molar-refractivity contribution in [3.63, 3.8) is 0 Å². The Morgan fingerprint density at radius 1 is 1.43 bits per heavy atom. The Bertz CT molecular complexity index is 595. The minimum absolute atomic E-state index is 0.0409. The molecule has 2 heterocycles. The Labute approximate surface area is 122 Å². The number of rotatable bonds is 3. The molecular weight excluding hydrogens is 270 g/mol. The highest BCUT2D eigenvalue weighted by Gasteiger charge is 2.62. The van der Waals surface area contributed by atoms with Gasteiger partial charge in [0, 0.05) is 6.42 Å². The van der Waals surface area contributed by atoms with Crippen LogP contribution in [0.2, 0.25) is 0 Å². The van der Waals surface area contributed by atoms with E-state index in [0.29, 0.717) is 19.6 Å². The van der Waals surface area contributed by atoms with Crippen molar-refractivity contribution in [1.82, 2.24) is 5.01 Å². The average molecular weight is 287 g/mol. The van der Waals surface area contributed by atoms with Crippen LogP contribution in [0.4, 0.5) is 0 Å². The third-order valence-electron chi connectivity index (χ3n) is 4.59. The summed E-state index contributed by atoms with van der Waals surface area (Å²) >= 11 is 0. The van der Waals surface area contributed by atoms with E-state index in [2.05, 4.69) is 10.3 Å². The lowest BCUT2D eigenvalue weighted by atomic mass is 9.80. The summed E-state index contributed by atoms with van der Waals surface area (Å²) in [5.41, 5.74) is 0.915. The molecule has 1 aromatic rings. The van der Waals surface area contributed by atoms with E-state index in [4.69, 9.17) is 9.47 Å². The van der Waals surface area contributed by atoms with Crippen molar-refractivity contribution >= 4 is 5.78 Å². The lowest BCUT2D eigenvalue weighted by Crippen LogP contribution is -2.53. The number of fused-ring (bicyclic) bond motifs is 2. The Hall–Kier alpha value is -1.95. The number of Topliss-reactive ketones (excluding diaryl/α,β-unsaturated/α-hetero) is 1. The van der Waals surface area contributed by atoms with Crippen LogP contribution in [0.5, 0.6) is 5.75 Å². The SMILES string of the molecule is COc1ccc(CN2N=NC3C(=O)CCC4(CO4)C32)cc1. The fourth-order valence-electron chi connectivity index (χ4n) is 3.29. The summed E-state index contributed by atoms with van der Waals surface area (Å²) in [5.74, 6) is 1.01. The molecule has 6 heteroatoms. The zero-order valence-electron chi connectivity index (χ0n) is 11.9. The molecule has 1 aliphatic carbocycles. The van der Waals surface area contributed by atoms with Crippen LogP contribution in [0.3, 0.4) is 0 Å². The smallest absolute Gasteiger partial charge is 0.161 e. The summed E-state index contributed by atoms with van der Waals surface area (Å²) in [4.78, 5) is 12.0. The minimum Gasteiger partial charge on any atom is -0.497 e. The molecule has 1 spiro atoms. The Morgan fingerprint density at radius 3 is 2.86 bits per heavy atom. The monoisotopic (exact) mass is 287 g/mol. The molecule has 3 unspecified atom stereocenters. The van der Waals surface area contributed by atoms with Crippen molar-refractivity contribution < 1.29 is 14.3 Å². The van der Waals surface area contributed by atoms with E-state index in [1.54, 1.807) is 7.11 Å².